The topological polar surface area (TPSA) is 29.5 Å². The molecule has 0 bridgehead atoms. The molecule has 1 aliphatic heterocycles. The van der Waals surface area contributed by atoms with E-state index in [-0.39, 0.29) is 5.91 Å². The zero-order chi connectivity index (χ0) is 13.1. The first-order chi connectivity index (χ1) is 8.63. The van der Waals surface area contributed by atoms with Crippen LogP contribution in [0.5, 0.6) is 5.75 Å². The number of methoxy groups -OCH3 is 1. The van der Waals surface area contributed by atoms with E-state index in [2.05, 4.69) is 22.9 Å². The summed E-state index contributed by atoms with van der Waals surface area (Å²) < 4.78 is 5.94. The molecule has 0 aromatic heterocycles. The Kier molecular flexibility index (Phi) is 4.27. The van der Waals surface area contributed by atoms with Crippen LogP contribution in [-0.4, -0.2) is 30.5 Å². The van der Waals surface area contributed by atoms with Crippen molar-refractivity contribution < 1.29 is 9.53 Å². The van der Waals surface area contributed by atoms with Crippen LogP contribution in [0.4, 0.5) is 0 Å². The summed E-state index contributed by atoms with van der Waals surface area (Å²) in [6, 6.07) is 5.82. The first kappa shape index (κ1) is 13.4. The third kappa shape index (κ3) is 2.69. The summed E-state index contributed by atoms with van der Waals surface area (Å²) in [7, 11) is 1.62. The monoisotopic (exact) mass is 311 g/mol. The van der Waals surface area contributed by atoms with E-state index in [0.717, 1.165) is 29.6 Å². The minimum Gasteiger partial charge on any atom is -0.497 e. The minimum absolute atomic E-state index is 0.108. The third-order valence-electron chi connectivity index (χ3n) is 3.47. The van der Waals surface area contributed by atoms with E-state index in [1.807, 2.05) is 23.1 Å². The van der Waals surface area contributed by atoms with Crippen molar-refractivity contribution in [1.82, 2.24) is 4.90 Å². The minimum atomic E-state index is 0.108. The lowest BCUT2D eigenvalue weighted by Crippen LogP contribution is -2.42. The largest absolute Gasteiger partial charge is 0.497 e. The molecule has 1 saturated heterocycles. The number of halogens is 1. The van der Waals surface area contributed by atoms with Gasteiger partial charge in [-0.2, -0.15) is 0 Å². The van der Waals surface area contributed by atoms with Crippen molar-refractivity contribution in [2.45, 2.75) is 32.2 Å². The number of carbonyl (C=O) groups excluding carboxylic acids is 1. The number of benzene rings is 1. The lowest BCUT2D eigenvalue weighted by atomic mass is 10.0. The number of nitrogens with zero attached hydrogens (tertiary/aromatic N) is 1. The molecule has 1 atom stereocenters. The Morgan fingerprint density at radius 1 is 1.44 bits per heavy atom. The summed E-state index contributed by atoms with van der Waals surface area (Å²) in [5.74, 6) is 0.863. The molecular weight excluding hydrogens is 294 g/mol. The Balaban J connectivity index is 2.22. The second-order valence-electron chi connectivity index (χ2n) is 4.69. The standard InChI is InChI=1S/C14H18BrNO2/c1-10-5-3-4-8-16(10)14(17)12-7-6-11(18-2)9-13(12)15/h6-7,9-10H,3-5,8H2,1-2H3. The van der Waals surface area contributed by atoms with E-state index in [0.29, 0.717) is 11.6 Å². The van der Waals surface area contributed by atoms with Crippen molar-refractivity contribution in [2.24, 2.45) is 0 Å². The van der Waals surface area contributed by atoms with Crippen LogP contribution in [0, 0.1) is 0 Å². The lowest BCUT2D eigenvalue weighted by Gasteiger charge is -2.33. The summed E-state index contributed by atoms with van der Waals surface area (Å²) in [6.45, 7) is 2.98. The van der Waals surface area contributed by atoms with Gasteiger partial charge in [0.1, 0.15) is 5.75 Å². The first-order valence-electron chi connectivity index (χ1n) is 6.28. The third-order valence-corrected chi connectivity index (χ3v) is 4.13. The van der Waals surface area contributed by atoms with Gasteiger partial charge in [0, 0.05) is 17.1 Å². The van der Waals surface area contributed by atoms with Crippen LogP contribution in [0.3, 0.4) is 0 Å². The van der Waals surface area contributed by atoms with Gasteiger partial charge in [0.05, 0.1) is 12.7 Å². The molecule has 0 saturated carbocycles. The molecule has 0 N–H and O–H groups in total. The fourth-order valence-corrected chi connectivity index (χ4v) is 2.88. The van der Waals surface area contributed by atoms with Gasteiger partial charge in [0.15, 0.2) is 0 Å². The number of piperidine rings is 1. The van der Waals surface area contributed by atoms with Crippen LogP contribution in [0.15, 0.2) is 22.7 Å². The van der Waals surface area contributed by atoms with Crippen molar-refractivity contribution >= 4 is 21.8 Å². The van der Waals surface area contributed by atoms with Crippen molar-refractivity contribution in [2.75, 3.05) is 13.7 Å². The van der Waals surface area contributed by atoms with E-state index < -0.39 is 0 Å². The Bertz CT molecular complexity index is 447. The number of hydrogen-bond acceptors (Lipinski definition) is 2. The molecule has 0 radical (unpaired) electrons. The SMILES string of the molecule is COc1ccc(C(=O)N2CCCCC2C)c(Br)c1. The number of amides is 1. The predicted octanol–water partition coefficient (Wildman–Crippen LogP) is 3.47. The summed E-state index contributed by atoms with van der Waals surface area (Å²) in [4.78, 5) is 14.5. The highest BCUT2D eigenvalue weighted by atomic mass is 79.9. The van der Waals surface area contributed by atoms with Gasteiger partial charge in [-0.25, -0.2) is 0 Å². The Labute approximate surface area is 116 Å². The number of ether oxygens (including phenoxy) is 1. The zero-order valence-electron chi connectivity index (χ0n) is 10.8. The molecule has 0 spiro atoms. The molecule has 0 aliphatic carbocycles. The van der Waals surface area contributed by atoms with Gasteiger partial charge >= 0.3 is 0 Å². The molecule has 98 valence electrons. The Hall–Kier alpha value is -1.03. The van der Waals surface area contributed by atoms with E-state index in [1.165, 1.54) is 6.42 Å². The summed E-state index contributed by atoms with van der Waals surface area (Å²) in [6.07, 6.45) is 3.41. The number of rotatable bonds is 2. The average Bonchev–Trinajstić information content (AvgIpc) is 2.38. The molecule has 1 unspecified atom stereocenters. The molecule has 1 aromatic carbocycles. The average molecular weight is 312 g/mol. The highest BCUT2D eigenvalue weighted by Gasteiger charge is 2.25. The Morgan fingerprint density at radius 3 is 2.83 bits per heavy atom. The smallest absolute Gasteiger partial charge is 0.255 e. The van der Waals surface area contributed by atoms with Crippen LogP contribution >= 0.6 is 15.9 Å². The highest BCUT2D eigenvalue weighted by molar-refractivity contribution is 9.10. The number of carbonyl (C=O) groups is 1. The van der Waals surface area contributed by atoms with E-state index in [4.69, 9.17) is 4.74 Å². The van der Waals surface area contributed by atoms with Gasteiger partial charge in [-0.1, -0.05) is 0 Å². The molecule has 1 heterocycles. The predicted molar refractivity (Wildman–Crippen MR) is 75.0 cm³/mol. The summed E-state index contributed by atoms with van der Waals surface area (Å²) >= 11 is 3.45. The fraction of sp³-hybridized carbons (Fsp3) is 0.500. The summed E-state index contributed by atoms with van der Waals surface area (Å²) in [5.41, 5.74) is 0.713. The quantitative estimate of drug-likeness (QED) is 0.837. The van der Waals surface area contributed by atoms with E-state index >= 15 is 0 Å². The van der Waals surface area contributed by atoms with Gasteiger partial charge < -0.3 is 9.64 Å². The molecule has 3 nitrogen and oxygen atoms in total. The second kappa shape index (κ2) is 5.74. The van der Waals surface area contributed by atoms with Crippen LogP contribution < -0.4 is 4.74 Å². The first-order valence-corrected chi connectivity index (χ1v) is 7.07. The molecule has 1 aliphatic rings. The van der Waals surface area contributed by atoms with Crippen LogP contribution in [0.25, 0.3) is 0 Å². The summed E-state index contributed by atoms with van der Waals surface area (Å²) in [5, 5.41) is 0. The molecule has 4 heteroatoms. The molecule has 18 heavy (non-hydrogen) atoms. The van der Waals surface area contributed by atoms with Crippen molar-refractivity contribution in [3.63, 3.8) is 0 Å². The van der Waals surface area contributed by atoms with Gasteiger partial charge in [0.25, 0.3) is 5.91 Å². The lowest BCUT2D eigenvalue weighted by molar-refractivity contribution is 0.0634. The maximum absolute atomic E-state index is 12.5. The molecule has 2 rings (SSSR count). The van der Waals surface area contributed by atoms with Crippen molar-refractivity contribution in [1.29, 1.82) is 0 Å². The molecular formula is C14H18BrNO2. The van der Waals surface area contributed by atoms with Crippen LogP contribution in [0.1, 0.15) is 36.5 Å². The highest BCUT2D eigenvalue weighted by Crippen LogP contribution is 2.26. The van der Waals surface area contributed by atoms with Crippen molar-refractivity contribution in [3.05, 3.63) is 28.2 Å². The second-order valence-corrected chi connectivity index (χ2v) is 5.54. The Morgan fingerprint density at radius 2 is 2.22 bits per heavy atom. The van der Waals surface area contributed by atoms with Gasteiger partial charge in [0.2, 0.25) is 0 Å². The van der Waals surface area contributed by atoms with Crippen molar-refractivity contribution in [3.8, 4) is 5.75 Å². The molecule has 1 aromatic rings. The van der Waals surface area contributed by atoms with E-state index in [1.54, 1.807) is 7.11 Å². The van der Waals surface area contributed by atoms with Gasteiger partial charge in [-0.15, -0.1) is 0 Å². The zero-order valence-corrected chi connectivity index (χ0v) is 12.4. The van der Waals surface area contributed by atoms with E-state index in [9.17, 15) is 4.79 Å². The molecule has 1 fully saturated rings. The maximum Gasteiger partial charge on any atom is 0.255 e. The fourth-order valence-electron chi connectivity index (χ4n) is 2.35. The maximum atomic E-state index is 12.5. The van der Waals surface area contributed by atoms with Crippen LogP contribution in [0.2, 0.25) is 0 Å². The molecule has 1 amide bonds. The number of likely N-dealkylation sites (tertiary alicyclic amines) is 1. The van der Waals surface area contributed by atoms with Gasteiger partial charge in [-0.3, -0.25) is 4.79 Å². The normalized spacial score (nSPS) is 19.7. The van der Waals surface area contributed by atoms with Crippen LogP contribution in [-0.2, 0) is 0 Å². The van der Waals surface area contributed by atoms with Gasteiger partial charge in [-0.05, 0) is 60.3 Å². The number of hydrogen-bond donors (Lipinski definition) is 0.